The standard InChI is InChI=1S/C11H22N2O4/c1-12-3-5-15-7-9-17-10-8-16-6-4-13(2)11(12)14/h3-10H2,1-2H3. The largest absolute Gasteiger partial charge is 0.377 e. The summed E-state index contributed by atoms with van der Waals surface area (Å²) in [6, 6.07) is -0.00879. The van der Waals surface area contributed by atoms with Gasteiger partial charge in [-0.25, -0.2) is 4.79 Å². The molecule has 0 aromatic heterocycles. The third-order valence-corrected chi connectivity index (χ3v) is 2.54. The maximum absolute atomic E-state index is 11.8. The second-order valence-corrected chi connectivity index (χ2v) is 3.96. The van der Waals surface area contributed by atoms with E-state index in [4.69, 9.17) is 14.2 Å². The van der Waals surface area contributed by atoms with Crippen LogP contribution in [-0.2, 0) is 14.2 Å². The first-order valence-corrected chi connectivity index (χ1v) is 5.91. The Morgan fingerprint density at radius 3 is 1.53 bits per heavy atom. The van der Waals surface area contributed by atoms with Crippen molar-refractivity contribution in [2.24, 2.45) is 0 Å². The van der Waals surface area contributed by atoms with Crippen LogP contribution in [0.1, 0.15) is 0 Å². The second-order valence-electron chi connectivity index (χ2n) is 3.96. The molecule has 2 amide bonds. The third kappa shape index (κ3) is 5.86. The number of nitrogens with zero attached hydrogens (tertiary/aromatic N) is 2. The van der Waals surface area contributed by atoms with Crippen LogP contribution in [0.15, 0.2) is 0 Å². The van der Waals surface area contributed by atoms with Crippen LogP contribution in [0.4, 0.5) is 4.79 Å². The van der Waals surface area contributed by atoms with Gasteiger partial charge in [0.2, 0.25) is 0 Å². The van der Waals surface area contributed by atoms with Crippen molar-refractivity contribution < 1.29 is 19.0 Å². The summed E-state index contributed by atoms with van der Waals surface area (Å²) in [5.74, 6) is 0. The molecule has 6 heteroatoms. The smallest absolute Gasteiger partial charge is 0.319 e. The molecule has 0 radical (unpaired) electrons. The highest BCUT2D eigenvalue weighted by Gasteiger charge is 2.13. The molecule has 0 N–H and O–H groups in total. The van der Waals surface area contributed by atoms with E-state index in [1.807, 2.05) is 0 Å². The Hall–Kier alpha value is -0.850. The highest BCUT2D eigenvalue weighted by molar-refractivity contribution is 5.73. The Labute approximate surface area is 102 Å². The van der Waals surface area contributed by atoms with Gasteiger partial charge in [0.25, 0.3) is 0 Å². The first-order valence-electron chi connectivity index (χ1n) is 5.91. The molecule has 1 aliphatic rings. The van der Waals surface area contributed by atoms with Crippen molar-refractivity contribution >= 4 is 6.03 Å². The number of ether oxygens (including phenoxy) is 3. The molecule has 0 aromatic carbocycles. The summed E-state index contributed by atoms with van der Waals surface area (Å²) in [7, 11) is 3.54. The van der Waals surface area contributed by atoms with E-state index in [2.05, 4.69) is 0 Å². The van der Waals surface area contributed by atoms with Crippen molar-refractivity contribution in [3.05, 3.63) is 0 Å². The van der Waals surface area contributed by atoms with E-state index in [1.54, 1.807) is 23.9 Å². The fourth-order valence-corrected chi connectivity index (χ4v) is 1.43. The van der Waals surface area contributed by atoms with Gasteiger partial charge in [0, 0.05) is 27.2 Å². The predicted octanol–water partition coefficient (Wildman–Crippen LogP) is 0.0334. The number of urea groups is 1. The normalized spacial score (nSPS) is 22.4. The van der Waals surface area contributed by atoms with Crippen LogP contribution in [-0.4, -0.2) is 82.7 Å². The van der Waals surface area contributed by atoms with Crippen LogP contribution in [0.25, 0.3) is 0 Å². The number of carbonyl (C=O) groups is 1. The summed E-state index contributed by atoms with van der Waals surface area (Å²) in [6.45, 7) is 4.50. The number of likely N-dealkylation sites (N-methyl/N-ethyl adjacent to an activating group) is 2. The van der Waals surface area contributed by atoms with E-state index >= 15 is 0 Å². The molecule has 0 aromatic rings. The van der Waals surface area contributed by atoms with Crippen LogP contribution >= 0.6 is 0 Å². The lowest BCUT2D eigenvalue weighted by Gasteiger charge is -2.25. The fraction of sp³-hybridized carbons (Fsp3) is 0.909. The monoisotopic (exact) mass is 246 g/mol. The maximum atomic E-state index is 11.8. The quantitative estimate of drug-likeness (QED) is 0.605. The minimum atomic E-state index is -0.00879. The maximum Gasteiger partial charge on any atom is 0.319 e. The average molecular weight is 246 g/mol. The molecule has 100 valence electrons. The molecule has 1 heterocycles. The van der Waals surface area contributed by atoms with Gasteiger partial charge in [0.1, 0.15) is 0 Å². The van der Waals surface area contributed by atoms with Gasteiger partial charge in [-0.3, -0.25) is 0 Å². The minimum absolute atomic E-state index is 0.00879. The number of rotatable bonds is 0. The van der Waals surface area contributed by atoms with Crippen molar-refractivity contribution in [3.63, 3.8) is 0 Å². The van der Waals surface area contributed by atoms with Gasteiger partial charge in [-0.1, -0.05) is 0 Å². The van der Waals surface area contributed by atoms with Crippen molar-refractivity contribution in [1.82, 2.24) is 9.80 Å². The van der Waals surface area contributed by atoms with Crippen LogP contribution in [0.3, 0.4) is 0 Å². The lowest BCUT2D eigenvalue weighted by Crippen LogP contribution is -2.41. The van der Waals surface area contributed by atoms with E-state index in [1.165, 1.54) is 0 Å². The number of hydrogen-bond acceptors (Lipinski definition) is 4. The Morgan fingerprint density at radius 1 is 0.765 bits per heavy atom. The number of amides is 2. The highest BCUT2D eigenvalue weighted by Crippen LogP contribution is 1.95. The van der Waals surface area contributed by atoms with Crippen molar-refractivity contribution in [2.75, 3.05) is 66.8 Å². The van der Waals surface area contributed by atoms with Crippen LogP contribution in [0.5, 0.6) is 0 Å². The Morgan fingerprint density at radius 2 is 1.12 bits per heavy atom. The Bertz CT molecular complexity index is 206. The van der Waals surface area contributed by atoms with E-state index in [0.717, 1.165) is 0 Å². The molecule has 0 atom stereocenters. The van der Waals surface area contributed by atoms with Crippen LogP contribution in [0.2, 0.25) is 0 Å². The predicted molar refractivity (Wildman–Crippen MR) is 63.1 cm³/mol. The number of carbonyl (C=O) groups excluding carboxylic acids is 1. The molecule has 0 bridgehead atoms. The summed E-state index contributed by atoms with van der Waals surface area (Å²) < 4.78 is 16.0. The van der Waals surface area contributed by atoms with Crippen molar-refractivity contribution in [1.29, 1.82) is 0 Å². The molecule has 0 saturated carbocycles. The van der Waals surface area contributed by atoms with Crippen molar-refractivity contribution in [2.45, 2.75) is 0 Å². The van der Waals surface area contributed by atoms with Gasteiger partial charge in [0.05, 0.1) is 39.6 Å². The van der Waals surface area contributed by atoms with E-state index < -0.39 is 0 Å². The molecule has 17 heavy (non-hydrogen) atoms. The summed E-state index contributed by atoms with van der Waals surface area (Å²) in [5, 5.41) is 0. The fourth-order valence-electron chi connectivity index (χ4n) is 1.43. The number of hydrogen-bond donors (Lipinski definition) is 0. The SMILES string of the molecule is CN1CCOCCOCCOCCN(C)C1=O. The van der Waals surface area contributed by atoms with E-state index in [-0.39, 0.29) is 6.03 Å². The van der Waals surface area contributed by atoms with Crippen LogP contribution in [0, 0.1) is 0 Å². The molecule has 0 unspecified atom stereocenters. The molecule has 1 rings (SSSR count). The summed E-state index contributed by atoms with van der Waals surface area (Å²) in [6.07, 6.45) is 0. The highest BCUT2D eigenvalue weighted by atomic mass is 16.5. The molecular formula is C11H22N2O4. The topological polar surface area (TPSA) is 51.2 Å². The first kappa shape index (κ1) is 14.2. The van der Waals surface area contributed by atoms with E-state index in [9.17, 15) is 4.79 Å². The second kappa shape index (κ2) is 8.27. The summed E-state index contributed by atoms with van der Waals surface area (Å²) in [5.41, 5.74) is 0. The molecule has 0 aliphatic carbocycles. The summed E-state index contributed by atoms with van der Waals surface area (Å²) >= 11 is 0. The van der Waals surface area contributed by atoms with E-state index in [0.29, 0.717) is 52.7 Å². The lowest BCUT2D eigenvalue weighted by molar-refractivity contribution is 0.00643. The van der Waals surface area contributed by atoms with Gasteiger partial charge < -0.3 is 24.0 Å². The first-order chi connectivity index (χ1) is 8.22. The molecule has 1 aliphatic heterocycles. The molecule has 1 saturated heterocycles. The zero-order valence-corrected chi connectivity index (χ0v) is 10.7. The minimum Gasteiger partial charge on any atom is -0.377 e. The lowest BCUT2D eigenvalue weighted by atomic mass is 10.5. The molecule has 6 nitrogen and oxygen atoms in total. The zero-order chi connectivity index (χ0) is 12.5. The van der Waals surface area contributed by atoms with Gasteiger partial charge >= 0.3 is 6.03 Å². The average Bonchev–Trinajstić information content (AvgIpc) is 2.33. The van der Waals surface area contributed by atoms with Crippen LogP contribution < -0.4 is 0 Å². The van der Waals surface area contributed by atoms with Gasteiger partial charge in [-0.05, 0) is 0 Å². The van der Waals surface area contributed by atoms with Gasteiger partial charge in [0.15, 0.2) is 0 Å². The van der Waals surface area contributed by atoms with Gasteiger partial charge in [-0.15, -0.1) is 0 Å². The molecular weight excluding hydrogens is 224 g/mol. The molecule has 1 fully saturated rings. The Kier molecular flexibility index (Phi) is 6.91. The van der Waals surface area contributed by atoms with Crippen molar-refractivity contribution in [3.8, 4) is 0 Å². The third-order valence-electron chi connectivity index (χ3n) is 2.54. The Balaban J connectivity index is 2.36. The van der Waals surface area contributed by atoms with Gasteiger partial charge in [-0.2, -0.15) is 0 Å². The zero-order valence-electron chi connectivity index (χ0n) is 10.7. The summed E-state index contributed by atoms with van der Waals surface area (Å²) in [4.78, 5) is 15.1. The molecule has 0 spiro atoms.